The minimum atomic E-state index is -1.68. The van der Waals surface area contributed by atoms with Crippen molar-refractivity contribution in [3.63, 3.8) is 0 Å². The highest BCUT2D eigenvalue weighted by atomic mass is 79.9. The van der Waals surface area contributed by atoms with Crippen LogP contribution in [0.1, 0.15) is 18.2 Å². The predicted octanol–water partition coefficient (Wildman–Crippen LogP) is 2.72. The van der Waals surface area contributed by atoms with Crippen LogP contribution in [-0.4, -0.2) is 14.9 Å². The normalized spacial score (nSPS) is 14.6. The summed E-state index contributed by atoms with van der Waals surface area (Å²) >= 11 is 3.23. The summed E-state index contributed by atoms with van der Waals surface area (Å²) in [4.78, 5) is 0. The standard InChI is InChI=1S/C12H11BrF2N2O/c1-12(18,11-8(13)6-16-17(11)2)7-4-3-5-9(14)10(7)15/h3-6,18H,1-2H3. The molecule has 0 aliphatic rings. The maximum absolute atomic E-state index is 13.8. The summed E-state index contributed by atoms with van der Waals surface area (Å²) < 4.78 is 28.9. The van der Waals surface area contributed by atoms with Crippen LogP contribution in [-0.2, 0) is 12.6 Å². The van der Waals surface area contributed by atoms with Gasteiger partial charge in [0.2, 0.25) is 0 Å². The number of halogens is 3. The van der Waals surface area contributed by atoms with Crippen LogP contribution in [0.3, 0.4) is 0 Å². The van der Waals surface area contributed by atoms with Crippen LogP contribution in [0.2, 0.25) is 0 Å². The van der Waals surface area contributed by atoms with Gasteiger partial charge < -0.3 is 5.11 Å². The Morgan fingerprint density at radius 1 is 1.39 bits per heavy atom. The van der Waals surface area contributed by atoms with Gasteiger partial charge in [-0.3, -0.25) is 4.68 Å². The molecule has 96 valence electrons. The first kappa shape index (κ1) is 13.2. The second kappa shape index (κ2) is 4.44. The summed E-state index contributed by atoms with van der Waals surface area (Å²) in [5.41, 5.74) is -1.46. The molecule has 1 unspecified atom stereocenters. The molecule has 0 aliphatic carbocycles. The van der Waals surface area contributed by atoms with E-state index in [1.54, 1.807) is 7.05 Å². The van der Waals surface area contributed by atoms with Crippen LogP contribution in [0.15, 0.2) is 28.9 Å². The predicted molar refractivity (Wildman–Crippen MR) is 65.9 cm³/mol. The Bertz CT molecular complexity index is 576. The Hall–Kier alpha value is -1.27. The summed E-state index contributed by atoms with van der Waals surface area (Å²) in [5.74, 6) is -2.05. The molecular formula is C12H11BrF2N2O. The minimum absolute atomic E-state index is 0.133. The van der Waals surface area contributed by atoms with Gasteiger partial charge in [0, 0.05) is 12.6 Å². The summed E-state index contributed by atoms with van der Waals surface area (Å²) in [7, 11) is 1.62. The van der Waals surface area contributed by atoms with Crippen LogP contribution in [0.5, 0.6) is 0 Å². The summed E-state index contributed by atoms with van der Waals surface area (Å²) in [6, 6.07) is 3.71. The molecule has 18 heavy (non-hydrogen) atoms. The van der Waals surface area contributed by atoms with E-state index in [9.17, 15) is 13.9 Å². The van der Waals surface area contributed by atoms with Gasteiger partial charge in [-0.15, -0.1) is 0 Å². The molecule has 1 heterocycles. The second-order valence-electron chi connectivity index (χ2n) is 4.14. The van der Waals surface area contributed by atoms with Crippen molar-refractivity contribution >= 4 is 15.9 Å². The Labute approximate surface area is 111 Å². The van der Waals surface area contributed by atoms with Gasteiger partial charge in [0.1, 0.15) is 5.60 Å². The summed E-state index contributed by atoms with van der Waals surface area (Å²) in [6.07, 6.45) is 1.49. The third kappa shape index (κ3) is 1.95. The van der Waals surface area contributed by atoms with E-state index >= 15 is 0 Å². The monoisotopic (exact) mass is 316 g/mol. The van der Waals surface area contributed by atoms with Gasteiger partial charge in [-0.05, 0) is 28.9 Å². The molecule has 0 bridgehead atoms. The Balaban J connectivity index is 2.65. The van der Waals surface area contributed by atoms with Crippen LogP contribution in [0.4, 0.5) is 8.78 Å². The average Bonchev–Trinajstić information content (AvgIpc) is 2.62. The first-order valence-corrected chi connectivity index (χ1v) is 6.00. The van der Waals surface area contributed by atoms with E-state index in [-0.39, 0.29) is 5.56 Å². The molecule has 0 radical (unpaired) electrons. The van der Waals surface area contributed by atoms with Gasteiger partial charge in [-0.2, -0.15) is 5.10 Å². The number of rotatable bonds is 2. The maximum Gasteiger partial charge on any atom is 0.165 e. The molecule has 0 saturated carbocycles. The first-order chi connectivity index (χ1) is 8.35. The Morgan fingerprint density at radius 2 is 2.06 bits per heavy atom. The van der Waals surface area contributed by atoms with E-state index in [0.717, 1.165) is 6.07 Å². The molecule has 6 heteroatoms. The van der Waals surface area contributed by atoms with E-state index in [1.165, 1.54) is 29.9 Å². The largest absolute Gasteiger partial charge is 0.379 e. The van der Waals surface area contributed by atoms with Crippen LogP contribution >= 0.6 is 15.9 Å². The third-order valence-electron chi connectivity index (χ3n) is 2.83. The van der Waals surface area contributed by atoms with E-state index in [1.807, 2.05) is 0 Å². The van der Waals surface area contributed by atoms with Crippen molar-refractivity contribution in [2.24, 2.45) is 7.05 Å². The van der Waals surface area contributed by atoms with Gasteiger partial charge in [-0.1, -0.05) is 12.1 Å². The van der Waals surface area contributed by atoms with Crippen molar-refractivity contribution in [2.45, 2.75) is 12.5 Å². The fraction of sp³-hybridized carbons (Fsp3) is 0.250. The SMILES string of the molecule is Cn1ncc(Br)c1C(C)(O)c1cccc(F)c1F. The van der Waals surface area contributed by atoms with Crippen molar-refractivity contribution in [3.8, 4) is 0 Å². The molecule has 0 fully saturated rings. The van der Waals surface area contributed by atoms with E-state index in [2.05, 4.69) is 21.0 Å². The average molecular weight is 317 g/mol. The summed E-state index contributed by atoms with van der Waals surface area (Å²) in [5, 5.41) is 14.5. The topological polar surface area (TPSA) is 38.0 Å². The smallest absolute Gasteiger partial charge is 0.165 e. The highest BCUT2D eigenvalue weighted by molar-refractivity contribution is 9.10. The maximum atomic E-state index is 13.8. The van der Waals surface area contributed by atoms with Crippen LogP contribution in [0, 0.1) is 11.6 Å². The van der Waals surface area contributed by atoms with Gasteiger partial charge in [0.05, 0.1) is 16.4 Å². The molecule has 0 spiro atoms. The number of nitrogens with zero attached hydrogens (tertiary/aromatic N) is 2. The van der Waals surface area contributed by atoms with Gasteiger partial charge >= 0.3 is 0 Å². The van der Waals surface area contributed by atoms with Crippen molar-refractivity contribution in [3.05, 3.63) is 51.8 Å². The Kier molecular flexibility index (Phi) is 3.25. The highest BCUT2D eigenvalue weighted by Gasteiger charge is 2.34. The van der Waals surface area contributed by atoms with Crippen LogP contribution in [0.25, 0.3) is 0 Å². The molecule has 0 saturated heterocycles. The number of benzene rings is 1. The van der Waals surface area contributed by atoms with Gasteiger partial charge in [0.25, 0.3) is 0 Å². The molecule has 0 amide bonds. The molecule has 3 nitrogen and oxygen atoms in total. The molecule has 2 aromatic rings. The van der Waals surface area contributed by atoms with Crippen molar-refractivity contribution in [1.29, 1.82) is 0 Å². The first-order valence-electron chi connectivity index (χ1n) is 5.20. The third-order valence-corrected chi connectivity index (χ3v) is 3.41. The minimum Gasteiger partial charge on any atom is -0.379 e. The zero-order chi connectivity index (χ0) is 13.5. The Morgan fingerprint density at radius 3 is 2.61 bits per heavy atom. The molecule has 1 atom stereocenters. The molecule has 0 aliphatic heterocycles. The van der Waals surface area contributed by atoms with Crippen molar-refractivity contribution in [2.75, 3.05) is 0 Å². The molecule has 2 rings (SSSR count). The van der Waals surface area contributed by atoms with Gasteiger partial charge in [-0.25, -0.2) is 8.78 Å². The fourth-order valence-electron chi connectivity index (χ4n) is 1.97. The molecule has 1 aromatic heterocycles. The number of aliphatic hydroxyl groups is 1. The lowest BCUT2D eigenvalue weighted by molar-refractivity contribution is 0.0871. The van der Waals surface area contributed by atoms with Crippen molar-refractivity contribution in [1.82, 2.24) is 9.78 Å². The number of hydrogen-bond donors (Lipinski definition) is 1. The molecule has 1 N–H and O–H groups in total. The second-order valence-corrected chi connectivity index (χ2v) is 4.99. The zero-order valence-electron chi connectivity index (χ0n) is 9.78. The van der Waals surface area contributed by atoms with Crippen molar-refractivity contribution < 1.29 is 13.9 Å². The lowest BCUT2D eigenvalue weighted by Gasteiger charge is -2.25. The number of aromatic nitrogens is 2. The summed E-state index contributed by atoms with van der Waals surface area (Å²) in [6.45, 7) is 1.40. The molecular weight excluding hydrogens is 306 g/mol. The van der Waals surface area contributed by atoms with Crippen LogP contribution < -0.4 is 0 Å². The lowest BCUT2D eigenvalue weighted by atomic mass is 9.92. The van der Waals surface area contributed by atoms with E-state index in [4.69, 9.17) is 0 Å². The lowest BCUT2D eigenvalue weighted by Crippen LogP contribution is -2.28. The number of aryl methyl sites for hydroxylation is 1. The molecule has 1 aromatic carbocycles. The highest BCUT2D eigenvalue weighted by Crippen LogP contribution is 2.35. The van der Waals surface area contributed by atoms with Gasteiger partial charge in [0.15, 0.2) is 11.6 Å². The quantitative estimate of drug-likeness (QED) is 0.925. The number of hydrogen-bond acceptors (Lipinski definition) is 2. The van der Waals surface area contributed by atoms with E-state index < -0.39 is 17.2 Å². The fourth-order valence-corrected chi connectivity index (χ4v) is 2.70. The zero-order valence-corrected chi connectivity index (χ0v) is 11.4. The van der Waals surface area contributed by atoms with E-state index in [0.29, 0.717) is 10.2 Å².